The van der Waals surface area contributed by atoms with Crippen LogP contribution in [-0.4, -0.2) is 11.9 Å². The van der Waals surface area contributed by atoms with Crippen molar-refractivity contribution in [3.05, 3.63) is 77.2 Å². The van der Waals surface area contributed by atoms with Crippen LogP contribution in [0.2, 0.25) is 0 Å². The van der Waals surface area contributed by atoms with Gasteiger partial charge in [0.25, 0.3) is 0 Å². The minimum Gasteiger partial charge on any atom is -0.402 e. The number of esters is 1. The molecule has 0 saturated heterocycles. The number of ether oxygens (including phenoxy) is 1. The SMILES string of the molecule is O=C1OC(c2ccc(F)cc2)=N/C1=C\c1ccccc1. The van der Waals surface area contributed by atoms with Gasteiger partial charge in [0.2, 0.25) is 5.90 Å². The molecule has 1 heterocycles. The summed E-state index contributed by atoms with van der Waals surface area (Å²) in [5.41, 5.74) is 1.66. The van der Waals surface area contributed by atoms with Crippen molar-refractivity contribution in [2.75, 3.05) is 0 Å². The van der Waals surface area contributed by atoms with E-state index in [2.05, 4.69) is 4.99 Å². The zero-order valence-corrected chi connectivity index (χ0v) is 10.4. The van der Waals surface area contributed by atoms with E-state index < -0.39 is 5.97 Å². The molecule has 2 aromatic rings. The number of aliphatic imine (C=N–C) groups is 1. The summed E-state index contributed by atoms with van der Waals surface area (Å²) in [6.07, 6.45) is 1.65. The van der Waals surface area contributed by atoms with Crippen LogP contribution in [0, 0.1) is 5.82 Å². The molecule has 0 aromatic heterocycles. The van der Waals surface area contributed by atoms with Crippen molar-refractivity contribution in [3.8, 4) is 0 Å². The first-order valence-corrected chi connectivity index (χ1v) is 6.06. The Morgan fingerprint density at radius 2 is 1.70 bits per heavy atom. The summed E-state index contributed by atoms with van der Waals surface area (Å²) in [5.74, 6) is -0.663. The van der Waals surface area contributed by atoms with Crippen LogP contribution in [-0.2, 0) is 9.53 Å². The van der Waals surface area contributed by atoms with Crippen LogP contribution < -0.4 is 0 Å². The van der Waals surface area contributed by atoms with Gasteiger partial charge >= 0.3 is 5.97 Å². The van der Waals surface area contributed by atoms with Gasteiger partial charge in [0.15, 0.2) is 5.70 Å². The molecule has 0 radical (unpaired) electrons. The summed E-state index contributed by atoms with van der Waals surface area (Å²) in [6.45, 7) is 0. The van der Waals surface area contributed by atoms with Gasteiger partial charge in [0, 0.05) is 5.56 Å². The Morgan fingerprint density at radius 1 is 1.00 bits per heavy atom. The second-order valence-electron chi connectivity index (χ2n) is 4.25. The van der Waals surface area contributed by atoms with Crippen molar-refractivity contribution in [2.45, 2.75) is 0 Å². The van der Waals surface area contributed by atoms with Crippen LogP contribution in [0.4, 0.5) is 4.39 Å². The maximum Gasteiger partial charge on any atom is 0.363 e. The molecule has 1 aliphatic heterocycles. The van der Waals surface area contributed by atoms with Crippen LogP contribution >= 0.6 is 0 Å². The molecule has 0 atom stereocenters. The molecule has 1 aliphatic rings. The van der Waals surface area contributed by atoms with Gasteiger partial charge in [-0.25, -0.2) is 14.2 Å². The summed E-state index contributed by atoms with van der Waals surface area (Å²) in [6, 6.07) is 15.0. The second-order valence-corrected chi connectivity index (χ2v) is 4.25. The summed E-state index contributed by atoms with van der Waals surface area (Å²) >= 11 is 0. The lowest BCUT2D eigenvalue weighted by atomic mass is 10.2. The molecule has 20 heavy (non-hydrogen) atoms. The average molecular weight is 267 g/mol. The van der Waals surface area contributed by atoms with E-state index >= 15 is 0 Å². The molecule has 2 aromatic carbocycles. The lowest BCUT2D eigenvalue weighted by Crippen LogP contribution is -2.05. The minimum absolute atomic E-state index is 0.192. The highest BCUT2D eigenvalue weighted by Crippen LogP contribution is 2.19. The highest BCUT2D eigenvalue weighted by Gasteiger charge is 2.23. The number of cyclic esters (lactones) is 1. The van der Waals surface area contributed by atoms with E-state index in [1.807, 2.05) is 30.3 Å². The number of hydrogen-bond acceptors (Lipinski definition) is 3. The van der Waals surface area contributed by atoms with Gasteiger partial charge in [-0.15, -0.1) is 0 Å². The Balaban J connectivity index is 1.93. The molecule has 0 aliphatic carbocycles. The van der Waals surface area contributed by atoms with Crippen molar-refractivity contribution in [1.29, 1.82) is 0 Å². The van der Waals surface area contributed by atoms with Gasteiger partial charge in [0.1, 0.15) is 5.82 Å². The normalized spacial score (nSPS) is 16.1. The topological polar surface area (TPSA) is 38.7 Å². The van der Waals surface area contributed by atoms with Crippen LogP contribution in [0.5, 0.6) is 0 Å². The zero-order chi connectivity index (χ0) is 13.9. The predicted molar refractivity (Wildman–Crippen MR) is 73.4 cm³/mol. The van der Waals surface area contributed by atoms with E-state index in [-0.39, 0.29) is 17.4 Å². The summed E-state index contributed by atoms with van der Waals surface area (Å²) in [4.78, 5) is 15.9. The Morgan fingerprint density at radius 3 is 2.40 bits per heavy atom. The largest absolute Gasteiger partial charge is 0.402 e. The molecule has 4 heteroatoms. The number of benzene rings is 2. The number of carbonyl (C=O) groups excluding carboxylic acids is 1. The van der Waals surface area contributed by atoms with Gasteiger partial charge in [0.05, 0.1) is 0 Å². The van der Waals surface area contributed by atoms with Crippen molar-refractivity contribution < 1.29 is 13.9 Å². The Kier molecular flexibility index (Phi) is 3.13. The fourth-order valence-corrected chi connectivity index (χ4v) is 1.83. The first-order valence-electron chi connectivity index (χ1n) is 6.06. The number of carbonyl (C=O) groups is 1. The van der Waals surface area contributed by atoms with E-state index in [1.54, 1.807) is 6.08 Å². The monoisotopic (exact) mass is 267 g/mol. The third-order valence-electron chi connectivity index (χ3n) is 2.81. The molecule has 3 nitrogen and oxygen atoms in total. The molecule has 0 amide bonds. The van der Waals surface area contributed by atoms with Gasteiger partial charge in [-0.05, 0) is 35.9 Å². The number of halogens is 1. The number of rotatable bonds is 2. The molecule has 0 N–H and O–H groups in total. The highest BCUT2D eigenvalue weighted by molar-refractivity contribution is 6.12. The maximum absolute atomic E-state index is 12.9. The van der Waals surface area contributed by atoms with Crippen LogP contribution in [0.3, 0.4) is 0 Å². The van der Waals surface area contributed by atoms with Crippen LogP contribution in [0.25, 0.3) is 6.08 Å². The van der Waals surface area contributed by atoms with E-state index in [4.69, 9.17) is 4.74 Å². The van der Waals surface area contributed by atoms with Gasteiger partial charge < -0.3 is 4.74 Å². The molecule has 0 bridgehead atoms. The average Bonchev–Trinajstić information content (AvgIpc) is 2.82. The van der Waals surface area contributed by atoms with Crippen molar-refractivity contribution >= 4 is 17.9 Å². The van der Waals surface area contributed by atoms with E-state index in [0.29, 0.717) is 5.56 Å². The first-order chi connectivity index (χ1) is 9.72. The summed E-state index contributed by atoms with van der Waals surface area (Å²) in [5, 5.41) is 0. The molecule has 0 spiro atoms. The third kappa shape index (κ3) is 2.49. The Labute approximate surface area is 115 Å². The van der Waals surface area contributed by atoms with Gasteiger partial charge in [-0.2, -0.15) is 0 Å². The predicted octanol–water partition coefficient (Wildman–Crippen LogP) is 3.17. The van der Waals surface area contributed by atoms with Gasteiger partial charge in [-0.3, -0.25) is 0 Å². The highest BCUT2D eigenvalue weighted by atomic mass is 19.1. The number of nitrogens with zero attached hydrogens (tertiary/aromatic N) is 1. The second kappa shape index (κ2) is 5.09. The Hall–Kier alpha value is -2.75. The molecular formula is C16H10FNO2. The lowest BCUT2D eigenvalue weighted by Gasteiger charge is -1.98. The minimum atomic E-state index is -0.506. The fraction of sp³-hybridized carbons (Fsp3) is 0. The molecule has 0 saturated carbocycles. The Bertz CT molecular complexity index is 703. The molecule has 0 fully saturated rings. The lowest BCUT2D eigenvalue weighted by molar-refractivity contribution is -0.129. The van der Waals surface area contributed by atoms with Gasteiger partial charge in [-0.1, -0.05) is 30.3 Å². The van der Waals surface area contributed by atoms with Crippen molar-refractivity contribution in [2.24, 2.45) is 4.99 Å². The van der Waals surface area contributed by atoms with Crippen LogP contribution in [0.15, 0.2) is 65.3 Å². The molecule has 98 valence electrons. The third-order valence-corrected chi connectivity index (χ3v) is 2.81. The molecule has 3 rings (SSSR count). The van der Waals surface area contributed by atoms with E-state index in [0.717, 1.165) is 5.56 Å². The standard InChI is InChI=1S/C16H10FNO2/c17-13-8-6-12(7-9-13)15-18-14(16(19)20-15)10-11-4-2-1-3-5-11/h1-10H/b14-10-. The smallest absolute Gasteiger partial charge is 0.363 e. The molecule has 0 unspecified atom stereocenters. The molecular weight excluding hydrogens is 257 g/mol. The quantitative estimate of drug-likeness (QED) is 0.619. The van der Waals surface area contributed by atoms with E-state index in [9.17, 15) is 9.18 Å². The fourth-order valence-electron chi connectivity index (χ4n) is 1.83. The van der Waals surface area contributed by atoms with Crippen molar-refractivity contribution in [3.63, 3.8) is 0 Å². The first kappa shape index (κ1) is 12.3. The van der Waals surface area contributed by atoms with Crippen molar-refractivity contribution in [1.82, 2.24) is 0 Å². The number of hydrogen-bond donors (Lipinski definition) is 0. The van der Waals surface area contributed by atoms with E-state index in [1.165, 1.54) is 24.3 Å². The summed E-state index contributed by atoms with van der Waals surface area (Å²) < 4.78 is 17.9. The summed E-state index contributed by atoms with van der Waals surface area (Å²) in [7, 11) is 0. The zero-order valence-electron chi connectivity index (χ0n) is 10.4. The maximum atomic E-state index is 12.9. The van der Waals surface area contributed by atoms with Crippen LogP contribution in [0.1, 0.15) is 11.1 Å².